The highest BCUT2D eigenvalue weighted by Crippen LogP contribution is 2.67. The zero-order valence-electron chi connectivity index (χ0n) is 34.3. The number of allylic oxidation sites excluding steroid dienone is 3. The monoisotopic (exact) mass is 929 g/mol. The Kier molecular flexibility index (Phi) is 9.20. The third kappa shape index (κ3) is 6.12. The van der Waals surface area contributed by atoms with Crippen LogP contribution in [0.4, 0.5) is 17.1 Å². The summed E-state index contributed by atoms with van der Waals surface area (Å²) in [6.07, 6.45) is 9.75. The molecule has 3 nitrogen and oxygen atoms in total. The highest BCUT2D eigenvalue weighted by atomic mass is 79.9. The Bertz CT molecular complexity index is 3500. The van der Waals surface area contributed by atoms with Crippen LogP contribution in [-0.2, 0) is 0 Å². The Morgan fingerprint density at radius 1 is 0.619 bits per heavy atom. The summed E-state index contributed by atoms with van der Waals surface area (Å²) >= 11 is 9.48. The molecule has 0 unspecified atom stereocenters. The number of halogens is 1. The summed E-state index contributed by atoms with van der Waals surface area (Å²) < 4.78 is 13.9. The number of furan rings is 2. The lowest BCUT2D eigenvalue weighted by Gasteiger charge is -2.43. The SMILES string of the molecule is C=C/C=C(/c1ccc(-c2cc3c4c(c2)Sc2cc(-c5ccc(-c6cccc7c6oc6ccccc67)cc5)cc5c2N4c2c(cc(Br)cc2S5)S3)cc1)c1oc(C=C)c(/C=C\C)c1C. The fourth-order valence-electron chi connectivity index (χ4n) is 9.28. The highest BCUT2D eigenvalue weighted by molar-refractivity contribution is 9.10. The van der Waals surface area contributed by atoms with Crippen molar-refractivity contribution in [3.05, 3.63) is 191 Å². The van der Waals surface area contributed by atoms with Crippen molar-refractivity contribution in [1.82, 2.24) is 0 Å². The second kappa shape index (κ2) is 15.0. The van der Waals surface area contributed by atoms with Crippen LogP contribution in [0.2, 0.25) is 0 Å². The average Bonchev–Trinajstić information content (AvgIpc) is 3.84. The maximum absolute atomic E-state index is 6.41. The molecule has 0 fully saturated rings. The highest BCUT2D eigenvalue weighted by Gasteiger charge is 2.40. The second-order valence-electron chi connectivity index (χ2n) is 15.8. The summed E-state index contributed by atoms with van der Waals surface area (Å²) in [4.78, 5) is 10.1. The van der Waals surface area contributed by atoms with Crippen molar-refractivity contribution in [3.63, 3.8) is 0 Å². The number of benzene rings is 7. The van der Waals surface area contributed by atoms with Gasteiger partial charge in [-0.25, -0.2) is 0 Å². The van der Waals surface area contributed by atoms with Gasteiger partial charge in [-0.05, 0) is 95.8 Å². The number of hydrogen-bond donors (Lipinski definition) is 0. The molecule has 7 heteroatoms. The van der Waals surface area contributed by atoms with E-state index in [2.05, 4.69) is 162 Å². The smallest absolute Gasteiger partial charge is 0.143 e. The number of fused-ring (bicyclic) bond motifs is 3. The van der Waals surface area contributed by atoms with Gasteiger partial charge in [0.25, 0.3) is 0 Å². The third-order valence-electron chi connectivity index (χ3n) is 12.1. The quantitative estimate of drug-likeness (QED) is 0.141. The molecule has 0 N–H and O–H groups in total. The predicted molar refractivity (Wildman–Crippen MR) is 270 cm³/mol. The lowest BCUT2D eigenvalue weighted by atomic mass is 9.96. The van der Waals surface area contributed by atoms with Crippen molar-refractivity contribution >= 4 is 108 Å². The summed E-state index contributed by atoms with van der Waals surface area (Å²) in [6.45, 7) is 12.2. The first-order chi connectivity index (χ1) is 30.9. The van der Waals surface area contributed by atoms with Crippen LogP contribution in [0.1, 0.15) is 35.1 Å². The van der Waals surface area contributed by atoms with E-state index in [9.17, 15) is 0 Å². The summed E-state index contributed by atoms with van der Waals surface area (Å²) in [7, 11) is 0. The molecule has 12 rings (SSSR count). The molecule has 0 atom stereocenters. The fraction of sp³-hybridized carbons (Fsp3) is 0.0357. The molecule has 0 amide bonds. The van der Waals surface area contributed by atoms with Gasteiger partial charge in [-0.2, -0.15) is 0 Å². The molecule has 302 valence electrons. The summed E-state index contributed by atoms with van der Waals surface area (Å²) in [5.74, 6) is 1.60. The van der Waals surface area contributed by atoms with Crippen LogP contribution in [0.3, 0.4) is 0 Å². The van der Waals surface area contributed by atoms with Crippen LogP contribution in [0, 0.1) is 6.92 Å². The molecule has 0 saturated carbocycles. The zero-order chi connectivity index (χ0) is 42.5. The van der Waals surface area contributed by atoms with E-state index in [-0.39, 0.29) is 0 Å². The number of nitrogens with zero attached hydrogens (tertiary/aromatic N) is 1. The third-order valence-corrected chi connectivity index (χ3v) is 15.8. The minimum atomic E-state index is 0.769. The molecule has 63 heavy (non-hydrogen) atoms. The van der Waals surface area contributed by atoms with Crippen molar-refractivity contribution in [2.24, 2.45) is 0 Å². The Labute approximate surface area is 387 Å². The minimum Gasteiger partial charge on any atom is -0.456 e. The lowest BCUT2D eigenvalue weighted by Crippen LogP contribution is -2.22. The normalized spacial score (nSPS) is 13.6. The Balaban J connectivity index is 0.931. The van der Waals surface area contributed by atoms with Crippen LogP contribution < -0.4 is 4.90 Å². The Morgan fingerprint density at radius 2 is 1.17 bits per heavy atom. The van der Waals surface area contributed by atoms with Gasteiger partial charge in [0.2, 0.25) is 0 Å². The zero-order valence-corrected chi connectivity index (χ0v) is 38.3. The van der Waals surface area contributed by atoms with Gasteiger partial charge in [-0.15, -0.1) is 0 Å². The van der Waals surface area contributed by atoms with E-state index in [0.29, 0.717) is 0 Å². The molecule has 0 bridgehead atoms. The molecule has 2 aromatic heterocycles. The van der Waals surface area contributed by atoms with Gasteiger partial charge >= 0.3 is 0 Å². The van der Waals surface area contributed by atoms with Gasteiger partial charge in [-0.1, -0.05) is 174 Å². The van der Waals surface area contributed by atoms with Crippen molar-refractivity contribution in [1.29, 1.82) is 0 Å². The van der Waals surface area contributed by atoms with Crippen molar-refractivity contribution in [3.8, 4) is 33.4 Å². The molecule has 7 aromatic carbocycles. The topological polar surface area (TPSA) is 29.5 Å². The van der Waals surface area contributed by atoms with Crippen molar-refractivity contribution < 1.29 is 8.83 Å². The molecule has 5 heterocycles. The summed E-state index contributed by atoms with van der Waals surface area (Å²) in [5.41, 5.74) is 16.8. The first-order valence-corrected chi connectivity index (χ1v) is 24.0. The molecule has 0 aliphatic carbocycles. The van der Waals surface area contributed by atoms with E-state index in [1.807, 2.05) is 72.6 Å². The van der Waals surface area contributed by atoms with Gasteiger partial charge in [0.15, 0.2) is 0 Å². The van der Waals surface area contributed by atoms with Crippen molar-refractivity contribution in [2.45, 2.75) is 43.2 Å². The van der Waals surface area contributed by atoms with Gasteiger partial charge in [-0.3, -0.25) is 0 Å². The number of para-hydroxylation sites is 2. The predicted octanol–water partition coefficient (Wildman–Crippen LogP) is 18.4. The lowest BCUT2D eigenvalue weighted by molar-refractivity contribution is 0.541. The van der Waals surface area contributed by atoms with Crippen LogP contribution >= 0.6 is 51.2 Å². The molecule has 0 saturated heterocycles. The van der Waals surface area contributed by atoms with Crippen LogP contribution in [0.15, 0.2) is 201 Å². The van der Waals surface area contributed by atoms with Gasteiger partial charge in [0, 0.05) is 66.9 Å². The van der Waals surface area contributed by atoms with Crippen LogP contribution in [0.5, 0.6) is 0 Å². The standard InChI is InChI=1S/C56H36BrNO2S3/c1-5-11-39-31(4)55(59-44(39)7-3)40(12-6-2)34-21-17-32(18-22-34)36-25-46-52-48(27-36)62-50-29-38(57)30-51-54(50)58(52)53-47(61-46)26-37(28-49(53)63-51)33-19-23-35(24-20-33)41-14-10-15-43-42-13-8-9-16-45(42)60-56(41)43/h5-30H,2-3H2,1,4H3/b11-5-,40-12-. The van der Waals surface area contributed by atoms with Gasteiger partial charge in [0.05, 0.1) is 17.1 Å². The number of hydrogen-bond acceptors (Lipinski definition) is 6. The molecule has 3 aliphatic rings. The molecular formula is C56H36BrNO2S3. The fourth-order valence-corrected chi connectivity index (χ4v) is 13.8. The van der Waals surface area contributed by atoms with E-state index in [1.54, 1.807) is 6.08 Å². The molecular weight excluding hydrogens is 895 g/mol. The summed E-state index contributed by atoms with van der Waals surface area (Å²) in [5, 5.41) is 2.28. The summed E-state index contributed by atoms with van der Waals surface area (Å²) in [6, 6.07) is 46.6. The van der Waals surface area contributed by atoms with E-state index < -0.39 is 0 Å². The first kappa shape index (κ1) is 38.6. The minimum absolute atomic E-state index is 0.769. The maximum atomic E-state index is 6.41. The van der Waals surface area contributed by atoms with Crippen LogP contribution in [-0.4, -0.2) is 0 Å². The molecule has 0 spiro atoms. The largest absolute Gasteiger partial charge is 0.456 e. The molecule has 0 radical (unpaired) electrons. The Morgan fingerprint density at radius 3 is 1.76 bits per heavy atom. The van der Waals surface area contributed by atoms with E-state index in [1.165, 1.54) is 63.1 Å². The second-order valence-corrected chi connectivity index (χ2v) is 20.0. The Hall–Kier alpha value is -6.09. The first-order valence-electron chi connectivity index (χ1n) is 20.8. The molecule has 3 aliphatic heterocycles. The molecule has 9 aromatic rings. The van der Waals surface area contributed by atoms with E-state index in [0.717, 1.165) is 76.9 Å². The number of anilines is 3. The van der Waals surface area contributed by atoms with E-state index >= 15 is 0 Å². The van der Waals surface area contributed by atoms with Crippen molar-refractivity contribution in [2.75, 3.05) is 4.90 Å². The average molecular weight is 931 g/mol. The van der Waals surface area contributed by atoms with E-state index in [4.69, 9.17) is 8.83 Å². The van der Waals surface area contributed by atoms with Gasteiger partial charge < -0.3 is 13.7 Å². The van der Waals surface area contributed by atoms with Crippen LogP contribution in [0.25, 0.3) is 73.0 Å². The maximum Gasteiger partial charge on any atom is 0.143 e. The number of rotatable bonds is 8. The van der Waals surface area contributed by atoms with Gasteiger partial charge in [0.1, 0.15) is 22.7 Å².